The van der Waals surface area contributed by atoms with Gasteiger partial charge in [0, 0.05) is 6.07 Å². The third-order valence-corrected chi connectivity index (χ3v) is 2.94. The van der Waals surface area contributed by atoms with Crippen molar-refractivity contribution in [2.75, 3.05) is 11.9 Å². The monoisotopic (exact) mass is 323 g/mol. The van der Waals surface area contributed by atoms with Gasteiger partial charge in [-0.2, -0.15) is 0 Å². The minimum absolute atomic E-state index is 0.0172. The van der Waals surface area contributed by atoms with Gasteiger partial charge in [-0.3, -0.25) is 10.1 Å². The summed E-state index contributed by atoms with van der Waals surface area (Å²) >= 11 is 0. The van der Waals surface area contributed by atoms with E-state index in [1.807, 2.05) is 0 Å². The fraction of sp³-hybridized carbons (Fsp3) is 0.529. The summed E-state index contributed by atoms with van der Waals surface area (Å²) in [4.78, 5) is 23.7. The minimum Gasteiger partial charge on any atom is -0.508 e. The molecule has 0 aliphatic heterocycles. The average Bonchev–Trinajstić information content (AvgIpc) is 2.39. The van der Waals surface area contributed by atoms with E-state index in [-0.39, 0.29) is 17.6 Å². The Balaban J connectivity index is 2.88. The third kappa shape index (κ3) is 6.59. The molecule has 0 fully saturated rings. The summed E-state index contributed by atoms with van der Waals surface area (Å²) in [6.45, 7) is 9.11. The van der Waals surface area contributed by atoms with Crippen LogP contribution in [0, 0.1) is 5.92 Å². The zero-order valence-corrected chi connectivity index (χ0v) is 14.3. The minimum atomic E-state index is -0.626. The van der Waals surface area contributed by atoms with E-state index in [1.165, 1.54) is 12.1 Å². The lowest BCUT2D eigenvalue weighted by molar-refractivity contribution is -0.147. The van der Waals surface area contributed by atoms with Gasteiger partial charge in [-0.15, -0.1) is 0 Å². The number of carbonyl (C=O) groups excluding carboxylic acids is 2. The van der Waals surface area contributed by atoms with Gasteiger partial charge in [0.1, 0.15) is 11.4 Å². The Kier molecular flexibility index (Phi) is 6.42. The van der Waals surface area contributed by atoms with Gasteiger partial charge in [0.05, 0.1) is 18.2 Å². The molecule has 1 amide bonds. The zero-order chi connectivity index (χ0) is 17.6. The molecule has 0 radical (unpaired) electrons. The number of aromatic hydroxyl groups is 1. The van der Waals surface area contributed by atoms with E-state index >= 15 is 0 Å². The number of hydrogen-bond acceptors (Lipinski definition) is 5. The van der Waals surface area contributed by atoms with Crippen molar-refractivity contribution >= 4 is 17.7 Å². The van der Waals surface area contributed by atoms with Crippen LogP contribution in [0.2, 0.25) is 0 Å². The molecule has 1 rings (SSSR count). The van der Waals surface area contributed by atoms with Crippen LogP contribution in [-0.4, -0.2) is 29.4 Å². The highest BCUT2D eigenvalue weighted by Crippen LogP contribution is 2.25. The van der Waals surface area contributed by atoms with Crippen molar-refractivity contribution in [3.8, 4) is 5.75 Å². The van der Waals surface area contributed by atoms with Crippen molar-refractivity contribution < 1.29 is 24.2 Å². The molecule has 23 heavy (non-hydrogen) atoms. The molecule has 0 spiro atoms. The van der Waals surface area contributed by atoms with Gasteiger partial charge in [-0.1, -0.05) is 13.0 Å². The Bertz CT molecular complexity index is 563. The van der Waals surface area contributed by atoms with Crippen LogP contribution >= 0.6 is 0 Å². The second-order valence-electron chi connectivity index (χ2n) is 6.33. The van der Waals surface area contributed by atoms with Crippen LogP contribution in [-0.2, 0) is 20.7 Å². The predicted molar refractivity (Wildman–Crippen MR) is 87.5 cm³/mol. The maximum absolute atomic E-state index is 11.9. The Morgan fingerprint density at radius 1 is 1.30 bits per heavy atom. The summed E-state index contributed by atoms with van der Waals surface area (Å²) in [5.74, 6) is -0.647. The van der Waals surface area contributed by atoms with Crippen molar-refractivity contribution in [2.45, 2.75) is 46.6 Å². The Morgan fingerprint density at radius 2 is 1.96 bits per heavy atom. The SMILES string of the molecule is CCOC(=O)C(C)Cc1ccc(O)cc1NC(=O)OC(C)(C)C. The lowest BCUT2D eigenvalue weighted by atomic mass is 9.99. The molecule has 1 aromatic rings. The van der Waals surface area contributed by atoms with Gasteiger partial charge >= 0.3 is 12.1 Å². The smallest absolute Gasteiger partial charge is 0.412 e. The van der Waals surface area contributed by atoms with E-state index in [4.69, 9.17) is 9.47 Å². The molecule has 2 N–H and O–H groups in total. The van der Waals surface area contributed by atoms with Gasteiger partial charge in [0.15, 0.2) is 0 Å². The molecule has 0 saturated carbocycles. The second-order valence-corrected chi connectivity index (χ2v) is 6.33. The molecule has 0 saturated heterocycles. The highest BCUT2D eigenvalue weighted by Gasteiger charge is 2.20. The summed E-state index contributed by atoms with van der Waals surface area (Å²) in [5, 5.41) is 12.2. The van der Waals surface area contributed by atoms with E-state index in [2.05, 4.69) is 5.32 Å². The number of phenols is 1. The molecule has 1 atom stereocenters. The molecular weight excluding hydrogens is 298 g/mol. The predicted octanol–water partition coefficient (Wildman–Crippen LogP) is 3.48. The number of phenolic OH excluding ortho intramolecular Hbond substituents is 1. The first kappa shape index (κ1) is 18.8. The number of ether oxygens (including phenoxy) is 2. The lowest BCUT2D eigenvalue weighted by Crippen LogP contribution is -2.27. The summed E-state index contributed by atoms with van der Waals surface area (Å²) in [7, 11) is 0. The van der Waals surface area contributed by atoms with E-state index in [1.54, 1.807) is 40.7 Å². The quantitative estimate of drug-likeness (QED) is 0.810. The highest BCUT2D eigenvalue weighted by molar-refractivity contribution is 5.86. The molecule has 0 aliphatic carbocycles. The van der Waals surface area contributed by atoms with Gasteiger partial charge < -0.3 is 14.6 Å². The first-order chi connectivity index (χ1) is 10.6. The number of hydrogen-bond donors (Lipinski definition) is 2. The fourth-order valence-electron chi connectivity index (χ4n) is 1.97. The summed E-state index contributed by atoms with van der Waals surface area (Å²) in [6.07, 6.45) is -0.238. The van der Waals surface area contributed by atoms with E-state index in [9.17, 15) is 14.7 Å². The van der Waals surface area contributed by atoms with Gasteiger partial charge in [-0.05, 0) is 45.7 Å². The summed E-state index contributed by atoms with van der Waals surface area (Å²) < 4.78 is 10.2. The largest absolute Gasteiger partial charge is 0.508 e. The Labute approximate surface area is 136 Å². The topological polar surface area (TPSA) is 84.9 Å². The van der Waals surface area contributed by atoms with E-state index in [0.29, 0.717) is 24.3 Å². The molecule has 0 heterocycles. The van der Waals surface area contributed by atoms with Gasteiger partial charge in [0.25, 0.3) is 0 Å². The molecule has 0 aromatic heterocycles. The lowest BCUT2D eigenvalue weighted by Gasteiger charge is -2.21. The number of rotatable bonds is 5. The molecular formula is C17H25NO5. The molecule has 0 bridgehead atoms. The molecule has 1 unspecified atom stereocenters. The number of anilines is 1. The van der Waals surface area contributed by atoms with Crippen LogP contribution in [0.3, 0.4) is 0 Å². The average molecular weight is 323 g/mol. The molecule has 6 heteroatoms. The Morgan fingerprint density at radius 3 is 2.52 bits per heavy atom. The van der Waals surface area contributed by atoms with E-state index < -0.39 is 11.7 Å². The van der Waals surface area contributed by atoms with Crippen molar-refractivity contribution in [2.24, 2.45) is 5.92 Å². The first-order valence-electron chi connectivity index (χ1n) is 7.61. The first-order valence-corrected chi connectivity index (χ1v) is 7.61. The van der Waals surface area contributed by atoms with Crippen LogP contribution in [0.4, 0.5) is 10.5 Å². The standard InChI is InChI=1S/C17H25NO5/c1-6-22-15(20)11(2)9-12-7-8-13(19)10-14(12)18-16(21)23-17(3,4)5/h7-8,10-11,19H,6,9H2,1-5H3,(H,18,21). The van der Waals surface area contributed by atoms with Gasteiger partial charge in [0.2, 0.25) is 0 Å². The highest BCUT2D eigenvalue weighted by atomic mass is 16.6. The maximum Gasteiger partial charge on any atom is 0.412 e. The Hall–Kier alpha value is -2.24. The molecule has 6 nitrogen and oxygen atoms in total. The van der Waals surface area contributed by atoms with Crippen LogP contribution in [0.5, 0.6) is 5.75 Å². The van der Waals surface area contributed by atoms with Crippen LogP contribution in [0.1, 0.15) is 40.2 Å². The number of nitrogens with one attached hydrogen (secondary N) is 1. The molecule has 0 aliphatic rings. The van der Waals surface area contributed by atoms with Crippen molar-refractivity contribution in [1.29, 1.82) is 0 Å². The van der Waals surface area contributed by atoms with Crippen molar-refractivity contribution in [3.05, 3.63) is 23.8 Å². The maximum atomic E-state index is 11.9. The van der Waals surface area contributed by atoms with Crippen LogP contribution in [0.15, 0.2) is 18.2 Å². The van der Waals surface area contributed by atoms with Crippen LogP contribution < -0.4 is 5.32 Å². The van der Waals surface area contributed by atoms with Crippen molar-refractivity contribution in [1.82, 2.24) is 0 Å². The van der Waals surface area contributed by atoms with Crippen LogP contribution in [0.25, 0.3) is 0 Å². The number of esters is 1. The van der Waals surface area contributed by atoms with Gasteiger partial charge in [-0.25, -0.2) is 4.79 Å². The molecule has 128 valence electrons. The molecule has 1 aromatic carbocycles. The number of amides is 1. The third-order valence-electron chi connectivity index (χ3n) is 2.94. The number of carbonyl (C=O) groups is 2. The number of benzene rings is 1. The fourth-order valence-corrected chi connectivity index (χ4v) is 1.97. The summed E-state index contributed by atoms with van der Waals surface area (Å²) in [6, 6.07) is 4.60. The van der Waals surface area contributed by atoms with E-state index in [0.717, 1.165) is 0 Å². The zero-order valence-electron chi connectivity index (χ0n) is 14.3. The van der Waals surface area contributed by atoms with Crippen molar-refractivity contribution in [3.63, 3.8) is 0 Å². The second kappa shape index (κ2) is 7.85. The normalized spacial score (nSPS) is 12.4. The summed E-state index contributed by atoms with van der Waals surface area (Å²) in [5.41, 5.74) is 0.504.